The van der Waals surface area contributed by atoms with E-state index in [4.69, 9.17) is 11.6 Å². The summed E-state index contributed by atoms with van der Waals surface area (Å²) in [4.78, 5) is 10.7. The molecule has 0 aliphatic rings. The van der Waals surface area contributed by atoms with Crippen molar-refractivity contribution in [1.82, 2.24) is 14.9 Å². The highest BCUT2D eigenvalue weighted by Crippen LogP contribution is 2.08. The van der Waals surface area contributed by atoms with Gasteiger partial charge in [-0.2, -0.15) is 0 Å². The average Bonchev–Trinajstić information content (AvgIpc) is 2.30. The molecule has 0 radical (unpaired) electrons. The van der Waals surface area contributed by atoms with Crippen LogP contribution in [-0.4, -0.2) is 21.9 Å². The van der Waals surface area contributed by atoms with Crippen LogP contribution in [0.2, 0.25) is 5.15 Å². The molecule has 2 rings (SSSR count). The second-order valence-corrected chi connectivity index (χ2v) is 4.33. The Hall–Kier alpha value is -1.45. The second-order valence-electron chi connectivity index (χ2n) is 3.95. The summed E-state index contributed by atoms with van der Waals surface area (Å²) in [5.74, 6) is 0. The summed E-state index contributed by atoms with van der Waals surface area (Å²) in [6.07, 6.45) is 1.81. The van der Waals surface area contributed by atoms with E-state index < -0.39 is 0 Å². The lowest BCUT2D eigenvalue weighted by molar-refractivity contribution is 0.311. The van der Waals surface area contributed by atoms with Crippen molar-refractivity contribution >= 4 is 11.6 Å². The van der Waals surface area contributed by atoms with Crippen molar-refractivity contribution in [3.63, 3.8) is 0 Å². The van der Waals surface area contributed by atoms with Gasteiger partial charge in [0.25, 0.3) is 0 Å². The molecule has 0 fully saturated rings. The average molecular weight is 248 g/mol. The molecule has 3 nitrogen and oxygen atoms in total. The summed E-state index contributed by atoms with van der Waals surface area (Å²) in [6, 6.07) is 11.6. The van der Waals surface area contributed by atoms with Crippen molar-refractivity contribution < 1.29 is 0 Å². The first-order valence-corrected chi connectivity index (χ1v) is 5.82. The molecule has 4 heteroatoms. The van der Waals surface area contributed by atoms with Crippen molar-refractivity contribution in [1.29, 1.82) is 0 Å². The fourth-order valence-electron chi connectivity index (χ4n) is 1.64. The molecule has 0 bridgehead atoms. The summed E-state index contributed by atoms with van der Waals surface area (Å²) in [5, 5.41) is 0.536. The molecule has 0 aliphatic carbocycles. The van der Waals surface area contributed by atoms with E-state index in [1.165, 1.54) is 0 Å². The van der Waals surface area contributed by atoms with Gasteiger partial charge >= 0.3 is 0 Å². The van der Waals surface area contributed by atoms with Crippen LogP contribution in [0.15, 0.2) is 42.6 Å². The van der Waals surface area contributed by atoms with Crippen molar-refractivity contribution in [2.24, 2.45) is 0 Å². The molecule has 2 aromatic rings. The van der Waals surface area contributed by atoms with Crippen LogP contribution in [0, 0.1) is 0 Å². The summed E-state index contributed by atoms with van der Waals surface area (Å²) in [6.45, 7) is 1.56. The van der Waals surface area contributed by atoms with Crippen LogP contribution in [0.5, 0.6) is 0 Å². The van der Waals surface area contributed by atoms with Crippen LogP contribution in [-0.2, 0) is 13.1 Å². The van der Waals surface area contributed by atoms with E-state index in [1.807, 2.05) is 37.4 Å². The van der Waals surface area contributed by atoms with Crippen LogP contribution in [0.3, 0.4) is 0 Å². The molecule has 2 aromatic heterocycles. The third-order valence-corrected chi connectivity index (χ3v) is 2.57. The molecule has 88 valence electrons. The maximum Gasteiger partial charge on any atom is 0.129 e. The van der Waals surface area contributed by atoms with Gasteiger partial charge in [0.2, 0.25) is 0 Å². The lowest BCUT2D eigenvalue weighted by Crippen LogP contribution is -2.18. The van der Waals surface area contributed by atoms with Gasteiger partial charge in [0.1, 0.15) is 5.15 Å². The fraction of sp³-hybridized carbons (Fsp3) is 0.231. The number of hydrogen-bond donors (Lipinski definition) is 0. The number of hydrogen-bond acceptors (Lipinski definition) is 3. The van der Waals surface area contributed by atoms with E-state index in [9.17, 15) is 0 Å². The molecule has 0 saturated carbocycles. The first-order chi connectivity index (χ1) is 8.24. The van der Waals surface area contributed by atoms with Gasteiger partial charge in [0.15, 0.2) is 0 Å². The van der Waals surface area contributed by atoms with Crippen molar-refractivity contribution in [2.75, 3.05) is 7.05 Å². The number of halogens is 1. The van der Waals surface area contributed by atoms with E-state index in [0.29, 0.717) is 5.15 Å². The molecule has 0 aromatic carbocycles. The van der Waals surface area contributed by atoms with Gasteiger partial charge < -0.3 is 0 Å². The van der Waals surface area contributed by atoms with Gasteiger partial charge in [-0.05, 0) is 31.3 Å². The number of nitrogens with zero attached hydrogens (tertiary/aromatic N) is 3. The third-order valence-electron chi connectivity index (χ3n) is 2.36. The van der Waals surface area contributed by atoms with Gasteiger partial charge in [0.05, 0.1) is 11.4 Å². The zero-order valence-corrected chi connectivity index (χ0v) is 10.4. The van der Waals surface area contributed by atoms with Crippen LogP contribution in [0.4, 0.5) is 0 Å². The lowest BCUT2D eigenvalue weighted by Gasteiger charge is -2.15. The standard InChI is InChI=1S/C13H14ClN3/c1-17(9-11-5-2-3-8-15-11)10-12-6-4-7-13(14)16-12/h2-8H,9-10H2,1H3. The van der Waals surface area contributed by atoms with Gasteiger partial charge in [-0.15, -0.1) is 0 Å². The predicted octanol–water partition coefficient (Wildman–Crippen LogP) is 2.76. The van der Waals surface area contributed by atoms with E-state index in [-0.39, 0.29) is 0 Å². The quantitative estimate of drug-likeness (QED) is 0.778. The molecule has 17 heavy (non-hydrogen) atoms. The highest BCUT2D eigenvalue weighted by molar-refractivity contribution is 6.29. The maximum atomic E-state index is 5.85. The van der Waals surface area contributed by atoms with Crippen molar-refractivity contribution in [3.05, 3.63) is 59.1 Å². The molecule has 0 N–H and O–H groups in total. The van der Waals surface area contributed by atoms with Crippen LogP contribution in [0.25, 0.3) is 0 Å². The molecular weight excluding hydrogens is 234 g/mol. The predicted molar refractivity (Wildman–Crippen MR) is 68.7 cm³/mol. The Morgan fingerprint density at radius 3 is 2.53 bits per heavy atom. The zero-order valence-electron chi connectivity index (χ0n) is 9.68. The fourth-order valence-corrected chi connectivity index (χ4v) is 1.82. The lowest BCUT2D eigenvalue weighted by atomic mass is 10.3. The van der Waals surface area contributed by atoms with E-state index >= 15 is 0 Å². The highest BCUT2D eigenvalue weighted by atomic mass is 35.5. The Kier molecular flexibility index (Phi) is 4.07. The number of pyridine rings is 2. The SMILES string of the molecule is CN(Cc1ccccn1)Cc1cccc(Cl)n1. The zero-order chi connectivity index (χ0) is 12.1. The highest BCUT2D eigenvalue weighted by Gasteiger charge is 2.03. The van der Waals surface area contributed by atoms with Crippen LogP contribution in [0.1, 0.15) is 11.4 Å². The molecule has 2 heterocycles. The number of aromatic nitrogens is 2. The van der Waals surface area contributed by atoms with Gasteiger partial charge in [-0.3, -0.25) is 9.88 Å². The second kappa shape index (κ2) is 5.75. The van der Waals surface area contributed by atoms with Crippen LogP contribution >= 0.6 is 11.6 Å². The smallest absolute Gasteiger partial charge is 0.129 e. The van der Waals surface area contributed by atoms with Gasteiger partial charge in [0, 0.05) is 19.3 Å². The normalized spacial score (nSPS) is 10.8. The summed E-state index contributed by atoms with van der Waals surface area (Å²) < 4.78 is 0. The molecular formula is C13H14ClN3. The van der Waals surface area contributed by atoms with Gasteiger partial charge in [-0.1, -0.05) is 23.7 Å². The van der Waals surface area contributed by atoms with E-state index in [1.54, 1.807) is 12.3 Å². The van der Waals surface area contributed by atoms with E-state index in [0.717, 1.165) is 24.5 Å². The van der Waals surface area contributed by atoms with Crippen molar-refractivity contribution in [2.45, 2.75) is 13.1 Å². The van der Waals surface area contributed by atoms with Gasteiger partial charge in [-0.25, -0.2) is 4.98 Å². The molecule has 0 amide bonds. The monoisotopic (exact) mass is 247 g/mol. The maximum absolute atomic E-state index is 5.85. The minimum atomic E-state index is 0.536. The summed E-state index contributed by atoms with van der Waals surface area (Å²) in [7, 11) is 2.04. The minimum Gasteiger partial charge on any atom is -0.295 e. The summed E-state index contributed by atoms with van der Waals surface area (Å²) in [5.41, 5.74) is 2.02. The van der Waals surface area contributed by atoms with E-state index in [2.05, 4.69) is 14.9 Å². The number of rotatable bonds is 4. The topological polar surface area (TPSA) is 29.0 Å². The van der Waals surface area contributed by atoms with Crippen molar-refractivity contribution in [3.8, 4) is 0 Å². The Morgan fingerprint density at radius 2 is 1.82 bits per heavy atom. The Bertz CT molecular complexity index is 473. The Labute approximate surface area is 106 Å². The Morgan fingerprint density at radius 1 is 1.06 bits per heavy atom. The largest absolute Gasteiger partial charge is 0.295 e. The molecule has 0 saturated heterocycles. The third kappa shape index (κ3) is 3.80. The first-order valence-electron chi connectivity index (χ1n) is 5.44. The molecule has 0 atom stereocenters. The molecule has 0 aliphatic heterocycles. The molecule has 0 unspecified atom stereocenters. The Balaban J connectivity index is 1.96. The van der Waals surface area contributed by atoms with Crippen LogP contribution < -0.4 is 0 Å². The molecule has 0 spiro atoms. The minimum absolute atomic E-state index is 0.536. The first kappa shape index (κ1) is 12.0. The summed E-state index contributed by atoms with van der Waals surface area (Å²) >= 11 is 5.85.